The maximum atomic E-state index is 9.78. The normalized spacial score (nSPS) is 13.4. The molecule has 0 aromatic rings. The van der Waals surface area contributed by atoms with E-state index in [9.17, 15) is 4.79 Å². The molecule has 0 saturated heterocycles. The molecule has 0 fully saturated rings. The van der Waals surface area contributed by atoms with Crippen LogP contribution in [0.3, 0.4) is 0 Å². The molecule has 0 amide bonds. The summed E-state index contributed by atoms with van der Waals surface area (Å²) in [6.45, 7) is 1.80. The lowest BCUT2D eigenvalue weighted by Crippen LogP contribution is -2.01. The van der Waals surface area contributed by atoms with Crippen LogP contribution in [0, 0.1) is 0 Å². The number of alkyl halides is 1. The summed E-state index contributed by atoms with van der Waals surface area (Å²) in [6.07, 6.45) is 0.194. The SMILES string of the molecule is CC(Br)CC(=O)O. The molecule has 0 aliphatic carbocycles. The Morgan fingerprint density at radius 1 is 2.00 bits per heavy atom. The minimum absolute atomic E-state index is 0.0880. The maximum absolute atomic E-state index is 9.78. The lowest BCUT2D eigenvalue weighted by Gasteiger charge is -1.92. The highest BCUT2D eigenvalue weighted by Gasteiger charge is 2.00. The molecule has 0 bridgehead atoms. The van der Waals surface area contributed by atoms with Crippen molar-refractivity contribution in [2.75, 3.05) is 0 Å². The zero-order valence-corrected chi connectivity index (χ0v) is 5.60. The molecule has 42 valence electrons. The molecule has 0 aromatic heterocycles. The van der Waals surface area contributed by atoms with Crippen molar-refractivity contribution in [1.82, 2.24) is 0 Å². The van der Waals surface area contributed by atoms with E-state index >= 15 is 0 Å². The van der Waals surface area contributed by atoms with E-state index in [2.05, 4.69) is 15.9 Å². The fourth-order valence-corrected chi connectivity index (χ4v) is 0.518. The predicted octanol–water partition coefficient (Wildman–Crippen LogP) is 1.24. The van der Waals surface area contributed by atoms with E-state index in [0.29, 0.717) is 0 Å². The Morgan fingerprint density at radius 3 is 2.43 bits per heavy atom. The van der Waals surface area contributed by atoms with E-state index in [4.69, 9.17) is 5.11 Å². The van der Waals surface area contributed by atoms with Gasteiger partial charge in [-0.15, -0.1) is 0 Å². The van der Waals surface area contributed by atoms with Crippen LogP contribution in [0.4, 0.5) is 0 Å². The first-order chi connectivity index (χ1) is 3.13. The summed E-state index contributed by atoms with van der Waals surface area (Å²) in [6, 6.07) is 0. The third kappa shape index (κ3) is 5.95. The van der Waals surface area contributed by atoms with Crippen molar-refractivity contribution in [3.63, 3.8) is 0 Å². The highest BCUT2D eigenvalue weighted by atomic mass is 79.9. The van der Waals surface area contributed by atoms with Gasteiger partial charge in [-0.05, 0) is 0 Å². The summed E-state index contributed by atoms with van der Waals surface area (Å²) < 4.78 is 0. The van der Waals surface area contributed by atoms with Crippen LogP contribution in [0.15, 0.2) is 0 Å². The molecule has 7 heavy (non-hydrogen) atoms. The minimum Gasteiger partial charge on any atom is -0.481 e. The molecular weight excluding hydrogens is 160 g/mol. The minimum atomic E-state index is -0.760. The van der Waals surface area contributed by atoms with E-state index in [-0.39, 0.29) is 11.2 Å². The van der Waals surface area contributed by atoms with Crippen molar-refractivity contribution >= 4 is 21.9 Å². The molecule has 0 rings (SSSR count). The number of carboxylic acids is 1. The molecule has 0 aromatic carbocycles. The average Bonchev–Trinajstić information content (AvgIpc) is 1.27. The van der Waals surface area contributed by atoms with Gasteiger partial charge >= 0.3 is 5.97 Å². The van der Waals surface area contributed by atoms with Crippen molar-refractivity contribution in [2.24, 2.45) is 0 Å². The van der Waals surface area contributed by atoms with Gasteiger partial charge < -0.3 is 5.11 Å². The molecule has 0 heterocycles. The van der Waals surface area contributed by atoms with Gasteiger partial charge in [0, 0.05) is 4.83 Å². The second-order valence-electron chi connectivity index (χ2n) is 1.38. The lowest BCUT2D eigenvalue weighted by atomic mass is 10.3. The summed E-state index contributed by atoms with van der Waals surface area (Å²) in [5.74, 6) is -0.760. The van der Waals surface area contributed by atoms with Gasteiger partial charge in [0.2, 0.25) is 0 Å². The smallest absolute Gasteiger partial charge is 0.304 e. The highest BCUT2D eigenvalue weighted by molar-refractivity contribution is 9.09. The van der Waals surface area contributed by atoms with Crippen molar-refractivity contribution in [2.45, 2.75) is 18.2 Å². The third-order valence-electron chi connectivity index (χ3n) is 0.456. The summed E-state index contributed by atoms with van der Waals surface area (Å²) in [5, 5.41) is 8.05. The summed E-state index contributed by atoms with van der Waals surface area (Å²) >= 11 is 3.09. The summed E-state index contributed by atoms with van der Waals surface area (Å²) in [5.41, 5.74) is 0. The molecule has 1 N–H and O–H groups in total. The number of hydrogen-bond acceptors (Lipinski definition) is 1. The molecule has 0 spiro atoms. The molecule has 0 saturated carbocycles. The number of aliphatic carboxylic acids is 1. The zero-order valence-electron chi connectivity index (χ0n) is 4.02. The van der Waals surface area contributed by atoms with Gasteiger partial charge in [-0.2, -0.15) is 0 Å². The zero-order chi connectivity index (χ0) is 5.86. The van der Waals surface area contributed by atoms with Gasteiger partial charge in [0.25, 0.3) is 0 Å². The van der Waals surface area contributed by atoms with Gasteiger partial charge in [0.05, 0.1) is 6.42 Å². The monoisotopic (exact) mass is 166 g/mol. The van der Waals surface area contributed by atoms with Gasteiger partial charge in [-0.25, -0.2) is 0 Å². The first kappa shape index (κ1) is 6.95. The van der Waals surface area contributed by atoms with Gasteiger partial charge in [-0.1, -0.05) is 22.9 Å². The van der Waals surface area contributed by atoms with Crippen LogP contribution in [-0.2, 0) is 4.79 Å². The van der Waals surface area contributed by atoms with E-state index < -0.39 is 5.97 Å². The Hall–Kier alpha value is -0.0500. The first-order valence-electron chi connectivity index (χ1n) is 1.99. The van der Waals surface area contributed by atoms with Crippen molar-refractivity contribution < 1.29 is 9.90 Å². The van der Waals surface area contributed by atoms with Gasteiger partial charge in [0.15, 0.2) is 0 Å². The molecule has 0 aliphatic heterocycles. The Morgan fingerprint density at radius 2 is 2.43 bits per heavy atom. The number of rotatable bonds is 2. The van der Waals surface area contributed by atoms with Crippen molar-refractivity contribution in [3.8, 4) is 0 Å². The van der Waals surface area contributed by atoms with Crippen LogP contribution in [-0.4, -0.2) is 15.9 Å². The van der Waals surface area contributed by atoms with Gasteiger partial charge in [0.1, 0.15) is 0 Å². The third-order valence-corrected chi connectivity index (χ3v) is 0.780. The second kappa shape index (κ2) is 3.02. The number of hydrogen-bond donors (Lipinski definition) is 1. The second-order valence-corrected chi connectivity index (χ2v) is 2.94. The predicted molar refractivity (Wildman–Crippen MR) is 30.6 cm³/mol. The van der Waals surface area contributed by atoms with Crippen LogP contribution >= 0.6 is 15.9 Å². The molecule has 2 nitrogen and oxygen atoms in total. The largest absolute Gasteiger partial charge is 0.481 e. The van der Waals surface area contributed by atoms with E-state index in [0.717, 1.165) is 0 Å². The maximum Gasteiger partial charge on any atom is 0.304 e. The average molecular weight is 167 g/mol. The Balaban J connectivity index is 3.13. The van der Waals surface area contributed by atoms with Gasteiger partial charge in [-0.3, -0.25) is 4.79 Å². The number of carboxylic acid groups (broad SMARTS) is 1. The summed E-state index contributed by atoms with van der Waals surface area (Å²) in [7, 11) is 0. The lowest BCUT2D eigenvalue weighted by molar-refractivity contribution is -0.136. The van der Waals surface area contributed by atoms with Crippen LogP contribution in [0.1, 0.15) is 13.3 Å². The van der Waals surface area contributed by atoms with E-state index in [1.165, 1.54) is 0 Å². The van der Waals surface area contributed by atoms with Crippen molar-refractivity contribution in [3.05, 3.63) is 0 Å². The van der Waals surface area contributed by atoms with Crippen LogP contribution < -0.4 is 0 Å². The molecule has 0 radical (unpaired) electrons. The highest BCUT2D eigenvalue weighted by Crippen LogP contribution is 2.01. The first-order valence-corrected chi connectivity index (χ1v) is 2.90. The molecule has 1 unspecified atom stereocenters. The van der Waals surface area contributed by atoms with E-state index in [1.54, 1.807) is 6.92 Å². The topological polar surface area (TPSA) is 37.3 Å². The molecular formula is C4H7BrO2. The molecule has 0 aliphatic rings. The number of halogens is 1. The summed E-state index contributed by atoms with van der Waals surface area (Å²) in [4.78, 5) is 9.87. The Kier molecular flexibility index (Phi) is 3.00. The van der Waals surface area contributed by atoms with Crippen LogP contribution in [0.5, 0.6) is 0 Å². The number of carbonyl (C=O) groups is 1. The standard InChI is InChI=1S/C4H7BrO2/c1-3(5)2-4(6)7/h3H,2H2,1H3,(H,6,7). The quantitative estimate of drug-likeness (QED) is 0.628. The molecule has 1 atom stereocenters. The molecule has 3 heteroatoms. The van der Waals surface area contributed by atoms with Crippen LogP contribution in [0.2, 0.25) is 0 Å². The van der Waals surface area contributed by atoms with E-state index in [1.807, 2.05) is 0 Å². The van der Waals surface area contributed by atoms with Crippen molar-refractivity contribution in [1.29, 1.82) is 0 Å². The fraction of sp³-hybridized carbons (Fsp3) is 0.750. The Labute approximate surface area is 50.7 Å². The Bertz CT molecular complexity index is 70.1. The van der Waals surface area contributed by atoms with Crippen LogP contribution in [0.25, 0.3) is 0 Å². The fourth-order valence-electron chi connectivity index (χ4n) is 0.241.